The summed E-state index contributed by atoms with van der Waals surface area (Å²) >= 11 is 0. The molecule has 6 nitrogen and oxygen atoms in total. The number of hydrogen-bond donors (Lipinski definition) is 2. The third-order valence-electron chi connectivity index (χ3n) is 3.92. The van der Waals surface area contributed by atoms with Gasteiger partial charge in [-0.2, -0.15) is 0 Å². The molecule has 20 heavy (non-hydrogen) atoms. The monoisotopic (exact) mass is 274 g/mol. The highest BCUT2D eigenvalue weighted by atomic mass is 16.4. The van der Waals surface area contributed by atoms with E-state index in [4.69, 9.17) is 5.11 Å². The standard InChI is InChI=1S/C14H14N2O4/c17-11-9-3-1-2-4-10(9)12(18)16(11)8-7-14(5-6-14)15-13(19)20/h1-4,15H,5-8H2,(H,19,20). The quantitative estimate of drug-likeness (QED) is 0.814. The minimum atomic E-state index is -1.06. The van der Waals surface area contributed by atoms with Crippen molar-refractivity contribution in [3.05, 3.63) is 35.4 Å². The Morgan fingerprint density at radius 1 is 1.20 bits per heavy atom. The highest BCUT2D eigenvalue weighted by Crippen LogP contribution is 2.39. The van der Waals surface area contributed by atoms with E-state index in [9.17, 15) is 14.4 Å². The van der Waals surface area contributed by atoms with Gasteiger partial charge in [-0.05, 0) is 31.4 Å². The second-order valence-electron chi connectivity index (χ2n) is 5.27. The zero-order valence-corrected chi connectivity index (χ0v) is 10.8. The number of nitrogens with zero attached hydrogens (tertiary/aromatic N) is 1. The van der Waals surface area contributed by atoms with Crippen molar-refractivity contribution >= 4 is 17.9 Å². The van der Waals surface area contributed by atoms with Gasteiger partial charge in [-0.1, -0.05) is 12.1 Å². The summed E-state index contributed by atoms with van der Waals surface area (Å²) in [5.74, 6) is -0.589. The molecule has 1 saturated carbocycles. The van der Waals surface area contributed by atoms with Gasteiger partial charge < -0.3 is 10.4 Å². The maximum atomic E-state index is 12.1. The molecular formula is C14H14N2O4. The molecule has 6 heteroatoms. The van der Waals surface area contributed by atoms with Crippen LogP contribution < -0.4 is 5.32 Å². The normalized spacial score (nSPS) is 18.9. The molecule has 0 radical (unpaired) electrons. The van der Waals surface area contributed by atoms with E-state index in [1.807, 2.05) is 0 Å². The Labute approximate surface area is 115 Å². The Balaban J connectivity index is 1.70. The van der Waals surface area contributed by atoms with E-state index in [-0.39, 0.29) is 18.4 Å². The molecule has 1 aliphatic heterocycles. The maximum absolute atomic E-state index is 12.1. The van der Waals surface area contributed by atoms with Crippen LogP contribution in [0.25, 0.3) is 0 Å². The Morgan fingerprint density at radius 2 is 1.75 bits per heavy atom. The summed E-state index contributed by atoms with van der Waals surface area (Å²) in [5.41, 5.74) is 0.392. The molecule has 0 unspecified atom stereocenters. The van der Waals surface area contributed by atoms with E-state index in [1.54, 1.807) is 24.3 Å². The Morgan fingerprint density at radius 3 is 2.20 bits per heavy atom. The Kier molecular flexibility index (Phi) is 2.74. The largest absolute Gasteiger partial charge is 0.465 e. The van der Waals surface area contributed by atoms with Crippen LogP contribution in [-0.4, -0.2) is 40.0 Å². The van der Waals surface area contributed by atoms with E-state index in [1.165, 1.54) is 4.90 Å². The molecule has 0 bridgehead atoms. The SMILES string of the molecule is O=C(O)NC1(CCN2C(=O)c3ccccc3C2=O)CC1. The van der Waals surface area contributed by atoms with E-state index in [0.717, 1.165) is 12.8 Å². The van der Waals surface area contributed by atoms with Crippen LogP contribution in [0.3, 0.4) is 0 Å². The van der Waals surface area contributed by atoms with Gasteiger partial charge in [-0.15, -0.1) is 0 Å². The van der Waals surface area contributed by atoms with Gasteiger partial charge in [-0.3, -0.25) is 14.5 Å². The third-order valence-corrected chi connectivity index (χ3v) is 3.92. The van der Waals surface area contributed by atoms with Crippen molar-refractivity contribution in [3.63, 3.8) is 0 Å². The van der Waals surface area contributed by atoms with Gasteiger partial charge in [-0.25, -0.2) is 4.79 Å². The molecule has 1 fully saturated rings. The molecule has 104 valence electrons. The molecule has 1 aliphatic carbocycles. The minimum absolute atomic E-state index is 0.243. The summed E-state index contributed by atoms with van der Waals surface area (Å²) in [6.07, 6.45) is 0.903. The highest BCUT2D eigenvalue weighted by Gasteiger charge is 2.45. The first kappa shape index (κ1) is 12.7. The smallest absolute Gasteiger partial charge is 0.405 e. The predicted octanol–water partition coefficient (Wildman–Crippen LogP) is 1.47. The number of amides is 3. The molecule has 0 saturated heterocycles. The van der Waals surface area contributed by atoms with Crippen molar-refractivity contribution in [1.82, 2.24) is 10.2 Å². The number of rotatable bonds is 4. The Hall–Kier alpha value is -2.37. The predicted molar refractivity (Wildman–Crippen MR) is 69.6 cm³/mol. The first-order valence-corrected chi connectivity index (χ1v) is 6.49. The first-order valence-electron chi connectivity index (χ1n) is 6.49. The lowest BCUT2D eigenvalue weighted by Crippen LogP contribution is -2.40. The van der Waals surface area contributed by atoms with E-state index < -0.39 is 11.6 Å². The molecule has 1 aromatic carbocycles. The summed E-state index contributed by atoms with van der Waals surface area (Å²) in [4.78, 5) is 36.2. The summed E-state index contributed by atoms with van der Waals surface area (Å²) in [6, 6.07) is 6.72. The van der Waals surface area contributed by atoms with Gasteiger partial charge >= 0.3 is 6.09 Å². The summed E-state index contributed by atoms with van der Waals surface area (Å²) in [5, 5.41) is 11.2. The summed E-state index contributed by atoms with van der Waals surface area (Å²) in [7, 11) is 0. The topological polar surface area (TPSA) is 86.7 Å². The van der Waals surface area contributed by atoms with Gasteiger partial charge in [0, 0.05) is 12.1 Å². The molecule has 3 rings (SSSR count). The summed E-state index contributed by atoms with van der Waals surface area (Å²) in [6.45, 7) is 0.243. The van der Waals surface area contributed by atoms with Gasteiger partial charge in [0.05, 0.1) is 11.1 Å². The molecule has 0 aromatic heterocycles. The molecule has 0 atom stereocenters. The van der Waals surface area contributed by atoms with E-state index in [0.29, 0.717) is 17.5 Å². The fraction of sp³-hybridized carbons (Fsp3) is 0.357. The zero-order valence-electron chi connectivity index (χ0n) is 10.8. The van der Waals surface area contributed by atoms with Crippen molar-refractivity contribution in [3.8, 4) is 0 Å². The lowest BCUT2D eigenvalue weighted by molar-refractivity contribution is 0.0647. The second-order valence-corrected chi connectivity index (χ2v) is 5.27. The number of carbonyl (C=O) groups excluding carboxylic acids is 2. The van der Waals surface area contributed by atoms with Crippen LogP contribution in [0.15, 0.2) is 24.3 Å². The first-order chi connectivity index (χ1) is 9.52. The third kappa shape index (κ3) is 2.03. The van der Waals surface area contributed by atoms with Crippen molar-refractivity contribution in [2.75, 3.05) is 6.54 Å². The molecule has 1 aromatic rings. The number of imide groups is 1. The van der Waals surface area contributed by atoms with Gasteiger partial charge in [0.15, 0.2) is 0 Å². The van der Waals surface area contributed by atoms with Crippen molar-refractivity contribution in [2.45, 2.75) is 24.8 Å². The van der Waals surface area contributed by atoms with Crippen LogP contribution in [0.2, 0.25) is 0 Å². The average Bonchev–Trinajstić information content (AvgIpc) is 3.12. The second kappa shape index (κ2) is 4.33. The number of fused-ring (bicyclic) bond motifs is 1. The van der Waals surface area contributed by atoms with E-state index >= 15 is 0 Å². The van der Waals surface area contributed by atoms with Crippen molar-refractivity contribution in [1.29, 1.82) is 0 Å². The number of carboxylic acid groups (broad SMARTS) is 1. The lowest BCUT2D eigenvalue weighted by Gasteiger charge is -2.19. The fourth-order valence-electron chi connectivity index (χ4n) is 2.58. The lowest BCUT2D eigenvalue weighted by atomic mass is 10.1. The van der Waals surface area contributed by atoms with Crippen LogP contribution in [0, 0.1) is 0 Å². The number of hydrogen-bond acceptors (Lipinski definition) is 3. The van der Waals surface area contributed by atoms with E-state index in [2.05, 4.69) is 5.32 Å². The Bertz CT molecular complexity index is 572. The molecule has 0 spiro atoms. The molecular weight excluding hydrogens is 260 g/mol. The van der Waals surface area contributed by atoms with Crippen LogP contribution in [0.1, 0.15) is 40.0 Å². The minimum Gasteiger partial charge on any atom is -0.465 e. The van der Waals surface area contributed by atoms with Crippen LogP contribution >= 0.6 is 0 Å². The molecule has 3 amide bonds. The maximum Gasteiger partial charge on any atom is 0.405 e. The van der Waals surface area contributed by atoms with Crippen molar-refractivity contribution in [2.24, 2.45) is 0 Å². The zero-order chi connectivity index (χ0) is 14.3. The van der Waals surface area contributed by atoms with Crippen LogP contribution in [0.5, 0.6) is 0 Å². The molecule has 1 heterocycles. The number of nitrogens with one attached hydrogen (secondary N) is 1. The molecule has 2 N–H and O–H groups in total. The van der Waals surface area contributed by atoms with Gasteiger partial charge in [0.1, 0.15) is 0 Å². The van der Waals surface area contributed by atoms with Crippen LogP contribution in [-0.2, 0) is 0 Å². The number of carbonyl (C=O) groups is 3. The van der Waals surface area contributed by atoms with Crippen LogP contribution in [0.4, 0.5) is 4.79 Å². The summed E-state index contributed by atoms with van der Waals surface area (Å²) < 4.78 is 0. The fourth-order valence-corrected chi connectivity index (χ4v) is 2.58. The van der Waals surface area contributed by atoms with Gasteiger partial charge in [0.2, 0.25) is 0 Å². The molecule has 2 aliphatic rings. The van der Waals surface area contributed by atoms with Crippen molar-refractivity contribution < 1.29 is 19.5 Å². The van der Waals surface area contributed by atoms with Gasteiger partial charge in [0.25, 0.3) is 11.8 Å². The average molecular weight is 274 g/mol. The highest BCUT2D eigenvalue weighted by molar-refractivity contribution is 6.21. The number of benzene rings is 1.